The average molecular weight is 437 g/mol. The predicted molar refractivity (Wildman–Crippen MR) is 112 cm³/mol. The maximum absolute atomic E-state index is 12.2. The predicted octanol–water partition coefficient (Wildman–Crippen LogP) is 4.91. The van der Waals surface area contributed by atoms with Crippen LogP contribution in [-0.4, -0.2) is 26.4 Å². The molecule has 0 spiro atoms. The molecule has 0 aliphatic carbocycles. The maximum Gasteiger partial charge on any atom is 0.234 e. The lowest BCUT2D eigenvalue weighted by Crippen LogP contribution is -2.15. The van der Waals surface area contributed by atoms with Crippen molar-refractivity contribution < 1.29 is 9.53 Å². The number of thioether (sulfide) groups is 1. The van der Waals surface area contributed by atoms with E-state index in [1.165, 1.54) is 11.8 Å². The molecule has 1 aromatic heterocycles. The monoisotopic (exact) mass is 436 g/mol. The molecule has 1 N–H and O–H groups in total. The van der Waals surface area contributed by atoms with Crippen molar-refractivity contribution in [3.05, 3.63) is 64.4 Å². The molecule has 0 unspecified atom stereocenters. The molecule has 1 amide bonds. The van der Waals surface area contributed by atoms with E-state index in [9.17, 15) is 4.79 Å². The standard InChI is InChI=1S/C19H18Cl2N4O2S/c1-2-25-17(11-27-16-9-4-3-8-15(16)21)23-24-19(25)28-12-18(26)22-14-7-5-6-13(20)10-14/h3-10H,2,11-12H2,1H3,(H,22,26). The zero-order valence-corrected chi connectivity index (χ0v) is 17.4. The topological polar surface area (TPSA) is 69.0 Å². The molecule has 146 valence electrons. The van der Waals surface area contributed by atoms with Crippen LogP contribution in [0.4, 0.5) is 5.69 Å². The van der Waals surface area contributed by atoms with Crippen LogP contribution in [0.5, 0.6) is 5.75 Å². The summed E-state index contributed by atoms with van der Waals surface area (Å²) in [6.07, 6.45) is 0. The summed E-state index contributed by atoms with van der Waals surface area (Å²) in [6, 6.07) is 14.3. The summed E-state index contributed by atoms with van der Waals surface area (Å²) in [4.78, 5) is 12.2. The lowest BCUT2D eigenvalue weighted by molar-refractivity contribution is -0.113. The molecule has 6 nitrogen and oxygen atoms in total. The Balaban J connectivity index is 1.58. The molecule has 0 aliphatic rings. The van der Waals surface area contributed by atoms with Gasteiger partial charge in [0.25, 0.3) is 0 Å². The number of carbonyl (C=O) groups is 1. The highest BCUT2D eigenvalue weighted by Crippen LogP contribution is 2.25. The van der Waals surface area contributed by atoms with E-state index in [4.69, 9.17) is 27.9 Å². The normalized spacial score (nSPS) is 10.7. The van der Waals surface area contributed by atoms with Gasteiger partial charge < -0.3 is 14.6 Å². The lowest BCUT2D eigenvalue weighted by atomic mass is 10.3. The van der Waals surface area contributed by atoms with E-state index in [0.717, 1.165) is 0 Å². The number of para-hydroxylation sites is 1. The molecule has 0 saturated heterocycles. The van der Waals surface area contributed by atoms with E-state index in [1.807, 2.05) is 23.6 Å². The number of hydrogen-bond acceptors (Lipinski definition) is 5. The van der Waals surface area contributed by atoms with Crippen LogP contribution in [0.25, 0.3) is 0 Å². The van der Waals surface area contributed by atoms with Gasteiger partial charge >= 0.3 is 0 Å². The van der Waals surface area contributed by atoms with Gasteiger partial charge in [-0.15, -0.1) is 10.2 Å². The molecule has 0 saturated carbocycles. The van der Waals surface area contributed by atoms with Gasteiger partial charge in [0.05, 0.1) is 10.8 Å². The molecule has 0 fully saturated rings. The Labute approximate surface area is 177 Å². The Bertz CT molecular complexity index is 965. The van der Waals surface area contributed by atoms with Gasteiger partial charge in [-0.3, -0.25) is 4.79 Å². The Morgan fingerprint density at radius 2 is 2.00 bits per heavy atom. The van der Waals surface area contributed by atoms with Crippen LogP contribution in [0, 0.1) is 0 Å². The highest BCUT2D eigenvalue weighted by Gasteiger charge is 2.14. The number of benzene rings is 2. The van der Waals surface area contributed by atoms with E-state index < -0.39 is 0 Å². The van der Waals surface area contributed by atoms with Crippen molar-refractivity contribution >= 4 is 46.6 Å². The Morgan fingerprint density at radius 3 is 2.75 bits per heavy atom. The molecule has 0 aliphatic heterocycles. The maximum atomic E-state index is 12.2. The van der Waals surface area contributed by atoms with E-state index >= 15 is 0 Å². The smallest absolute Gasteiger partial charge is 0.234 e. The third kappa shape index (κ3) is 5.41. The fourth-order valence-corrected chi connectivity index (χ4v) is 3.65. The number of aromatic nitrogens is 3. The molecule has 0 atom stereocenters. The number of nitrogens with one attached hydrogen (secondary N) is 1. The number of amides is 1. The van der Waals surface area contributed by atoms with Crippen molar-refractivity contribution in [1.29, 1.82) is 0 Å². The van der Waals surface area contributed by atoms with Crippen LogP contribution in [0.2, 0.25) is 10.0 Å². The second-order valence-corrected chi connectivity index (χ2v) is 7.50. The third-order valence-corrected chi connectivity index (χ3v) is 5.26. The number of ether oxygens (including phenoxy) is 1. The van der Waals surface area contributed by atoms with Gasteiger partial charge in [-0.2, -0.15) is 0 Å². The van der Waals surface area contributed by atoms with E-state index in [0.29, 0.717) is 39.0 Å². The number of rotatable bonds is 8. The molecular weight excluding hydrogens is 419 g/mol. The first-order valence-corrected chi connectivity index (χ1v) is 10.3. The first kappa shape index (κ1) is 20.5. The number of halogens is 2. The third-order valence-electron chi connectivity index (χ3n) is 3.74. The fraction of sp³-hybridized carbons (Fsp3) is 0.211. The van der Waals surface area contributed by atoms with Crippen molar-refractivity contribution in [2.45, 2.75) is 25.2 Å². The molecule has 1 heterocycles. The van der Waals surface area contributed by atoms with Gasteiger partial charge in [-0.05, 0) is 37.3 Å². The first-order chi connectivity index (χ1) is 13.6. The lowest BCUT2D eigenvalue weighted by Gasteiger charge is -2.10. The van der Waals surface area contributed by atoms with Gasteiger partial charge in [0, 0.05) is 17.3 Å². The summed E-state index contributed by atoms with van der Waals surface area (Å²) in [5, 5.41) is 12.9. The zero-order chi connectivity index (χ0) is 19.9. The van der Waals surface area contributed by atoms with Crippen LogP contribution in [0.1, 0.15) is 12.7 Å². The van der Waals surface area contributed by atoms with E-state index in [1.54, 1.807) is 36.4 Å². The summed E-state index contributed by atoms with van der Waals surface area (Å²) >= 11 is 13.3. The van der Waals surface area contributed by atoms with E-state index in [-0.39, 0.29) is 18.3 Å². The first-order valence-electron chi connectivity index (χ1n) is 8.54. The summed E-state index contributed by atoms with van der Waals surface area (Å²) < 4.78 is 7.65. The minimum absolute atomic E-state index is 0.146. The Hall–Kier alpha value is -2.22. The zero-order valence-electron chi connectivity index (χ0n) is 15.1. The van der Waals surface area contributed by atoms with Crippen molar-refractivity contribution in [3.8, 4) is 5.75 Å². The van der Waals surface area contributed by atoms with Gasteiger partial charge in [-0.1, -0.05) is 53.2 Å². The second kappa shape index (κ2) is 9.82. The van der Waals surface area contributed by atoms with Crippen LogP contribution in [0.3, 0.4) is 0 Å². The summed E-state index contributed by atoms with van der Waals surface area (Å²) in [5.41, 5.74) is 0.656. The number of hydrogen-bond donors (Lipinski definition) is 1. The minimum atomic E-state index is -0.146. The highest BCUT2D eigenvalue weighted by atomic mass is 35.5. The molecule has 3 aromatic rings. The number of anilines is 1. The van der Waals surface area contributed by atoms with Crippen LogP contribution in [-0.2, 0) is 17.9 Å². The van der Waals surface area contributed by atoms with Crippen molar-refractivity contribution in [2.24, 2.45) is 0 Å². The van der Waals surface area contributed by atoms with Gasteiger partial charge in [-0.25, -0.2) is 0 Å². The Morgan fingerprint density at radius 1 is 1.18 bits per heavy atom. The van der Waals surface area contributed by atoms with Crippen molar-refractivity contribution in [1.82, 2.24) is 14.8 Å². The van der Waals surface area contributed by atoms with Crippen LogP contribution < -0.4 is 10.1 Å². The average Bonchev–Trinajstić information content (AvgIpc) is 3.07. The van der Waals surface area contributed by atoms with Crippen molar-refractivity contribution in [2.75, 3.05) is 11.1 Å². The summed E-state index contributed by atoms with van der Waals surface area (Å²) in [7, 11) is 0. The molecule has 28 heavy (non-hydrogen) atoms. The van der Waals surface area contributed by atoms with Gasteiger partial charge in [0.15, 0.2) is 11.0 Å². The highest BCUT2D eigenvalue weighted by molar-refractivity contribution is 7.99. The molecule has 3 rings (SSSR count). The molecule has 0 radical (unpaired) electrons. The quantitative estimate of drug-likeness (QED) is 0.507. The van der Waals surface area contributed by atoms with Gasteiger partial charge in [0.1, 0.15) is 12.4 Å². The summed E-state index contributed by atoms with van der Waals surface area (Å²) in [5.74, 6) is 1.31. The number of carbonyl (C=O) groups excluding carboxylic acids is 1. The molecule has 9 heteroatoms. The SMILES string of the molecule is CCn1c(COc2ccccc2Cl)nnc1SCC(=O)Nc1cccc(Cl)c1. The van der Waals surface area contributed by atoms with Gasteiger partial charge in [0.2, 0.25) is 5.91 Å². The minimum Gasteiger partial charge on any atom is -0.484 e. The van der Waals surface area contributed by atoms with E-state index in [2.05, 4.69) is 15.5 Å². The van der Waals surface area contributed by atoms with Crippen molar-refractivity contribution in [3.63, 3.8) is 0 Å². The molecule has 2 aromatic carbocycles. The van der Waals surface area contributed by atoms with Crippen LogP contribution in [0.15, 0.2) is 53.7 Å². The Kier molecular flexibility index (Phi) is 7.19. The second-order valence-electron chi connectivity index (χ2n) is 5.71. The molecular formula is C19H18Cl2N4O2S. The fourth-order valence-electron chi connectivity index (χ4n) is 2.45. The molecule has 0 bridgehead atoms. The largest absolute Gasteiger partial charge is 0.484 e. The number of nitrogens with zero attached hydrogens (tertiary/aromatic N) is 3. The van der Waals surface area contributed by atoms with Crippen LogP contribution >= 0.6 is 35.0 Å². The summed E-state index contributed by atoms with van der Waals surface area (Å²) in [6.45, 7) is 2.88.